The Bertz CT molecular complexity index is 939. The first-order chi connectivity index (χ1) is 20.8. The van der Waals surface area contributed by atoms with Crippen molar-refractivity contribution in [3.8, 4) is 0 Å². The first kappa shape index (κ1) is 33.9. The number of rotatable bonds is 24. The molecule has 0 bridgehead atoms. The number of hydrogen-bond donors (Lipinski definition) is 0. The van der Waals surface area contributed by atoms with Gasteiger partial charge in [0.25, 0.3) is 0 Å². The van der Waals surface area contributed by atoms with Gasteiger partial charge in [-0.05, 0) is 38.5 Å². The Morgan fingerprint density at radius 3 is 1.12 bits per heavy atom. The number of hydrogen-bond acceptors (Lipinski definition) is 0. The van der Waals surface area contributed by atoms with Gasteiger partial charge in [-0.3, -0.25) is 0 Å². The van der Waals surface area contributed by atoms with E-state index in [-0.39, 0.29) is 0 Å². The molecule has 42 heavy (non-hydrogen) atoms. The quantitative estimate of drug-likeness (QED) is 0.0574. The lowest BCUT2D eigenvalue weighted by Crippen LogP contribution is -2.46. The van der Waals surface area contributed by atoms with Gasteiger partial charge in [0, 0.05) is 16.7 Å². The molecule has 0 saturated heterocycles. The largest absolute Gasteiger partial charge is 0.312 e. The molecule has 3 rings (SSSR count). The van der Waals surface area contributed by atoms with Crippen molar-refractivity contribution in [2.45, 2.75) is 129 Å². The maximum Gasteiger partial charge on any atom is 0.105 e. The van der Waals surface area contributed by atoms with E-state index < -0.39 is 0 Å². The van der Waals surface area contributed by atoms with E-state index in [0.717, 1.165) is 24.1 Å². The molecule has 1 nitrogen and oxygen atoms in total. The standard InChI is InChI=1S/C41H60N/c1-2-3-4-5-6-7-8-9-10-11-12-13-14-15-16-17-18-28-35-42(36-39-29-22-19-23-30-39,37-40-31-24-20-25-32-40)38-41-33-26-21-27-34-41/h14-15,19-27,29-34H,2-13,16-18,28,35-38H2,1H3/q+1/b15-14+. The highest BCUT2D eigenvalue weighted by Crippen LogP contribution is 2.26. The third-order valence-corrected chi connectivity index (χ3v) is 8.73. The van der Waals surface area contributed by atoms with Crippen LogP contribution in [0.1, 0.15) is 126 Å². The third-order valence-electron chi connectivity index (χ3n) is 8.73. The summed E-state index contributed by atoms with van der Waals surface area (Å²) >= 11 is 0. The van der Waals surface area contributed by atoms with Crippen LogP contribution in [0.15, 0.2) is 103 Å². The lowest BCUT2D eigenvalue weighted by molar-refractivity contribution is -0.966. The van der Waals surface area contributed by atoms with Crippen molar-refractivity contribution < 1.29 is 4.48 Å². The molecule has 0 amide bonds. The van der Waals surface area contributed by atoms with Gasteiger partial charge in [-0.25, -0.2) is 0 Å². The van der Waals surface area contributed by atoms with Crippen LogP contribution in [0.5, 0.6) is 0 Å². The normalized spacial score (nSPS) is 11.8. The molecule has 0 unspecified atom stereocenters. The predicted molar refractivity (Wildman–Crippen MR) is 184 cm³/mol. The van der Waals surface area contributed by atoms with Gasteiger partial charge in [0.05, 0.1) is 6.54 Å². The summed E-state index contributed by atoms with van der Waals surface area (Å²) in [5.74, 6) is 0. The summed E-state index contributed by atoms with van der Waals surface area (Å²) in [4.78, 5) is 0. The molecule has 0 aromatic heterocycles. The Morgan fingerprint density at radius 1 is 0.405 bits per heavy atom. The molecule has 1 heteroatoms. The van der Waals surface area contributed by atoms with Gasteiger partial charge in [0.2, 0.25) is 0 Å². The van der Waals surface area contributed by atoms with E-state index >= 15 is 0 Å². The average Bonchev–Trinajstić information content (AvgIpc) is 3.02. The van der Waals surface area contributed by atoms with Crippen molar-refractivity contribution in [2.24, 2.45) is 0 Å². The molecular weight excluding hydrogens is 506 g/mol. The van der Waals surface area contributed by atoms with Gasteiger partial charge in [0.1, 0.15) is 19.6 Å². The molecule has 0 aliphatic heterocycles. The molecule has 0 fully saturated rings. The van der Waals surface area contributed by atoms with Crippen LogP contribution in [0, 0.1) is 0 Å². The van der Waals surface area contributed by atoms with Crippen molar-refractivity contribution in [1.29, 1.82) is 0 Å². The zero-order chi connectivity index (χ0) is 29.4. The number of unbranched alkanes of at least 4 members (excludes halogenated alkanes) is 14. The van der Waals surface area contributed by atoms with E-state index in [4.69, 9.17) is 0 Å². The minimum atomic E-state index is 1.07. The Kier molecular flexibility index (Phi) is 17.7. The predicted octanol–water partition coefficient (Wildman–Crippen LogP) is 12.2. The highest BCUT2D eigenvalue weighted by atomic mass is 15.3. The fourth-order valence-corrected chi connectivity index (χ4v) is 6.37. The zero-order valence-corrected chi connectivity index (χ0v) is 26.9. The van der Waals surface area contributed by atoms with Gasteiger partial charge < -0.3 is 4.48 Å². The fraction of sp³-hybridized carbons (Fsp3) is 0.512. The number of benzene rings is 3. The molecule has 0 aliphatic rings. The molecule has 0 radical (unpaired) electrons. The van der Waals surface area contributed by atoms with Gasteiger partial charge >= 0.3 is 0 Å². The second kappa shape index (κ2) is 22.0. The molecule has 3 aromatic carbocycles. The second-order valence-electron chi connectivity index (χ2n) is 12.6. The van der Waals surface area contributed by atoms with E-state index in [9.17, 15) is 0 Å². The van der Waals surface area contributed by atoms with Crippen molar-refractivity contribution in [3.05, 3.63) is 120 Å². The topological polar surface area (TPSA) is 0 Å². The molecule has 0 spiro atoms. The lowest BCUT2D eigenvalue weighted by Gasteiger charge is -2.39. The smallest absolute Gasteiger partial charge is 0.105 e. The molecule has 228 valence electrons. The average molecular weight is 567 g/mol. The fourth-order valence-electron chi connectivity index (χ4n) is 6.37. The highest BCUT2D eigenvalue weighted by molar-refractivity contribution is 5.17. The summed E-state index contributed by atoms with van der Waals surface area (Å²) in [6.45, 7) is 6.73. The molecule has 3 aromatic rings. The molecule has 0 aliphatic carbocycles. The molecule has 0 saturated carbocycles. The van der Waals surface area contributed by atoms with Gasteiger partial charge in [0.15, 0.2) is 0 Å². The summed E-state index contributed by atoms with van der Waals surface area (Å²) in [6.07, 6.45) is 27.0. The van der Waals surface area contributed by atoms with Gasteiger partial charge in [-0.15, -0.1) is 0 Å². The summed E-state index contributed by atoms with van der Waals surface area (Å²) in [6, 6.07) is 33.4. The van der Waals surface area contributed by atoms with Crippen LogP contribution >= 0.6 is 0 Å². The minimum absolute atomic E-state index is 1.07. The van der Waals surface area contributed by atoms with Gasteiger partial charge in [-0.2, -0.15) is 0 Å². The molecule has 0 atom stereocenters. The van der Waals surface area contributed by atoms with E-state index in [0.29, 0.717) is 0 Å². The summed E-state index contributed by atoms with van der Waals surface area (Å²) < 4.78 is 1.08. The maximum atomic E-state index is 2.45. The Hall–Kier alpha value is -2.64. The van der Waals surface area contributed by atoms with Crippen LogP contribution in [0.3, 0.4) is 0 Å². The number of quaternary nitrogens is 1. The van der Waals surface area contributed by atoms with E-state index in [1.54, 1.807) is 0 Å². The van der Waals surface area contributed by atoms with Crippen molar-refractivity contribution in [1.82, 2.24) is 0 Å². The summed E-state index contributed by atoms with van der Waals surface area (Å²) in [5.41, 5.74) is 4.32. The lowest BCUT2D eigenvalue weighted by atomic mass is 10.0. The van der Waals surface area contributed by atoms with Crippen molar-refractivity contribution >= 4 is 0 Å². The SMILES string of the molecule is CCCCCCCCCCCCC/C=C/CCCCC[N+](Cc1ccccc1)(Cc1ccccc1)Cc1ccccc1. The van der Waals surface area contributed by atoms with Crippen LogP contribution in [-0.2, 0) is 19.6 Å². The monoisotopic (exact) mass is 566 g/mol. The van der Waals surface area contributed by atoms with Crippen LogP contribution in [0.2, 0.25) is 0 Å². The second-order valence-corrected chi connectivity index (χ2v) is 12.6. The highest BCUT2D eigenvalue weighted by Gasteiger charge is 2.28. The Labute approximate surface area is 259 Å². The molecule has 0 heterocycles. The zero-order valence-electron chi connectivity index (χ0n) is 26.9. The maximum absolute atomic E-state index is 2.45. The van der Waals surface area contributed by atoms with Crippen LogP contribution < -0.4 is 0 Å². The number of nitrogens with zero attached hydrogens (tertiary/aromatic N) is 1. The summed E-state index contributed by atoms with van der Waals surface area (Å²) in [5, 5.41) is 0. The van der Waals surface area contributed by atoms with Crippen LogP contribution in [0.25, 0.3) is 0 Å². The third kappa shape index (κ3) is 15.0. The molecule has 0 N–H and O–H groups in total. The van der Waals surface area contributed by atoms with E-state index in [2.05, 4.69) is 110 Å². The van der Waals surface area contributed by atoms with Gasteiger partial charge in [-0.1, -0.05) is 174 Å². The first-order valence-electron chi connectivity index (χ1n) is 17.4. The van der Waals surface area contributed by atoms with Crippen molar-refractivity contribution in [3.63, 3.8) is 0 Å². The Balaban J connectivity index is 1.39. The van der Waals surface area contributed by atoms with Crippen molar-refractivity contribution in [2.75, 3.05) is 6.54 Å². The van der Waals surface area contributed by atoms with E-state index in [1.165, 1.54) is 126 Å². The Morgan fingerprint density at radius 2 is 0.738 bits per heavy atom. The van der Waals surface area contributed by atoms with Crippen LogP contribution in [0.4, 0.5) is 0 Å². The number of allylic oxidation sites excluding steroid dienone is 2. The van der Waals surface area contributed by atoms with Crippen LogP contribution in [-0.4, -0.2) is 11.0 Å². The molecular formula is C41H60N+. The first-order valence-corrected chi connectivity index (χ1v) is 17.4. The summed E-state index contributed by atoms with van der Waals surface area (Å²) in [7, 11) is 0. The minimum Gasteiger partial charge on any atom is -0.312 e. The van der Waals surface area contributed by atoms with E-state index in [1.807, 2.05) is 0 Å².